The summed E-state index contributed by atoms with van der Waals surface area (Å²) in [6, 6.07) is 8.13. The van der Waals surface area contributed by atoms with Crippen LogP contribution in [0.15, 0.2) is 48.8 Å². The molecule has 0 unspecified atom stereocenters. The quantitative estimate of drug-likeness (QED) is 0.144. The standard InChI is InChI=1S/C31H48N2O/c1-3-5-7-9-11-12-13-15-17-21-25-34-30-24-20-19-23-29(30)31-32-26-28(27-33-31)22-18-16-14-10-8-6-4-2/h13,15,19-20,23-24,26-27H,3-12,14,16-18,21-22,25H2,1-2H3. The van der Waals surface area contributed by atoms with E-state index in [1.807, 2.05) is 30.6 Å². The number of rotatable bonds is 20. The van der Waals surface area contributed by atoms with Gasteiger partial charge in [-0.15, -0.1) is 0 Å². The van der Waals surface area contributed by atoms with Gasteiger partial charge in [-0.2, -0.15) is 0 Å². The number of ether oxygens (including phenoxy) is 1. The van der Waals surface area contributed by atoms with Gasteiger partial charge in [0.2, 0.25) is 0 Å². The van der Waals surface area contributed by atoms with Crippen molar-refractivity contribution in [3.63, 3.8) is 0 Å². The van der Waals surface area contributed by atoms with Crippen molar-refractivity contribution in [1.29, 1.82) is 0 Å². The highest BCUT2D eigenvalue weighted by molar-refractivity contribution is 5.63. The predicted molar refractivity (Wildman–Crippen MR) is 146 cm³/mol. The molecule has 0 saturated carbocycles. The van der Waals surface area contributed by atoms with Gasteiger partial charge in [-0.3, -0.25) is 0 Å². The summed E-state index contributed by atoms with van der Waals surface area (Å²) >= 11 is 0. The van der Waals surface area contributed by atoms with Crippen LogP contribution in [0.1, 0.15) is 116 Å². The lowest BCUT2D eigenvalue weighted by molar-refractivity contribution is 0.313. The summed E-state index contributed by atoms with van der Waals surface area (Å²) < 4.78 is 6.10. The van der Waals surface area contributed by atoms with E-state index in [9.17, 15) is 0 Å². The molecule has 0 amide bonds. The molecule has 0 aliphatic heterocycles. The zero-order valence-corrected chi connectivity index (χ0v) is 21.9. The first-order valence-electron chi connectivity index (χ1n) is 14.0. The van der Waals surface area contributed by atoms with Crippen molar-refractivity contribution in [2.45, 2.75) is 117 Å². The minimum absolute atomic E-state index is 0.716. The molecule has 0 fully saturated rings. The Bertz CT molecular complexity index is 769. The Morgan fingerprint density at radius 3 is 1.97 bits per heavy atom. The van der Waals surface area contributed by atoms with Crippen molar-refractivity contribution in [2.24, 2.45) is 0 Å². The fourth-order valence-electron chi connectivity index (χ4n) is 4.17. The lowest BCUT2D eigenvalue weighted by Gasteiger charge is -2.10. The maximum atomic E-state index is 6.10. The molecule has 34 heavy (non-hydrogen) atoms. The van der Waals surface area contributed by atoms with E-state index in [0.717, 1.165) is 36.4 Å². The van der Waals surface area contributed by atoms with E-state index in [-0.39, 0.29) is 0 Å². The Kier molecular flexibility index (Phi) is 15.8. The number of unbranched alkanes of at least 4 members (excludes halogenated alkanes) is 12. The van der Waals surface area contributed by atoms with Crippen LogP contribution in [-0.4, -0.2) is 16.6 Å². The lowest BCUT2D eigenvalue weighted by atomic mass is 10.1. The zero-order valence-electron chi connectivity index (χ0n) is 21.9. The Labute approximate surface area is 209 Å². The first-order chi connectivity index (χ1) is 16.8. The number of hydrogen-bond acceptors (Lipinski definition) is 3. The van der Waals surface area contributed by atoms with Crippen LogP contribution in [0.2, 0.25) is 0 Å². The predicted octanol–water partition coefficient (Wildman–Crippen LogP) is 9.51. The van der Waals surface area contributed by atoms with Crippen molar-refractivity contribution in [3.05, 3.63) is 54.4 Å². The summed E-state index contributed by atoms with van der Waals surface area (Å²) in [4.78, 5) is 9.30. The fraction of sp³-hybridized carbons (Fsp3) is 0.613. The summed E-state index contributed by atoms with van der Waals surface area (Å²) in [5.41, 5.74) is 2.21. The smallest absolute Gasteiger partial charge is 0.162 e. The van der Waals surface area contributed by atoms with Gasteiger partial charge in [0, 0.05) is 12.4 Å². The molecule has 1 heterocycles. The first-order valence-corrected chi connectivity index (χ1v) is 14.0. The van der Waals surface area contributed by atoms with Crippen LogP contribution >= 0.6 is 0 Å². The number of aryl methyl sites for hydroxylation is 1. The van der Waals surface area contributed by atoms with E-state index in [4.69, 9.17) is 4.74 Å². The summed E-state index contributed by atoms with van der Waals surface area (Å²) in [6.45, 7) is 5.25. The SMILES string of the molecule is CCCCCCCC=CCCCOc1ccccc1-c1ncc(CCCCCCCCC)cn1. The highest BCUT2D eigenvalue weighted by atomic mass is 16.5. The Balaban J connectivity index is 1.69. The molecule has 0 N–H and O–H groups in total. The summed E-state index contributed by atoms with van der Waals surface area (Å²) in [6.07, 6.45) is 29.0. The molecule has 2 aromatic rings. The third kappa shape index (κ3) is 12.3. The number of benzene rings is 1. The lowest BCUT2D eigenvalue weighted by Crippen LogP contribution is -2.00. The topological polar surface area (TPSA) is 35.0 Å². The van der Waals surface area contributed by atoms with Gasteiger partial charge in [-0.1, -0.05) is 102 Å². The van der Waals surface area contributed by atoms with Gasteiger partial charge in [-0.25, -0.2) is 9.97 Å². The molecule has 0 aliphatic rings. The van der Waals surface area contributed by atoms with Gasteiger partial charge in [0.15, 0.2) is 5.82 Å². The molecule has 0 atom stereocenters. The summed E-state index contributed by atoms with van der Waals surface area (Å²) in [5.74, 6) is 1.63. The van der Waals surface area contributed by atoms with Crippen LogP contribution in [0.4, 0.5) is 0 Å². The second kappa shape index (κ2) is 19.2. The molecule has 0 aliphatic carbocycles. The Morgan fingerprint density at radius 2 is 1.26 bits per heavy atom. The van der Waals surface area contributed by atoms with Crippen molar-refractivity contribution in [1.82, 2.24) is 9.97 Å². The maximum absolute atomic E-state index is 6.10. The van der Waals surface area contributed by atoms with Gasteiger partial charge >= 0.3 is 0 Å². The second-order valence-electron chi connectivity index (χ2n) is 9.45. The molecule has 1 aromatic heterocycles. The molecule has 0 bridgehead atoms. The van der Waals surface area contributed by atoms with E-state index in [2.05, 4.69) is 42.0 Å². The third-order valence-electron chi connectivity index (χ3n) is 6.32. The molecule has 3 heteroatoms. The van der Waals surface area contributed by atoms with Gasteiger partial charge in [0.25, 0.3) is 0 Å². The minimum atomic E-state index is 0.716. The molecular formula is C31H48N2O. The number of hydrogen-bond donors (Lipinski definition) is 0. The molecule has 2 rings (SSSR count). The fourth-order valence-corrected chi connectivity index (χ4v) is 4.17. The maximum Gasteiger partial charge on any atom is 0.162 e. The van der Waals surface area contributed by atoms with Crippen LogP contribution in [0.25, 0.3) is 11.4 Å². The van der Waals surface area contributed by atoms with E-state index in [1.54, 1.807) is 0 Å². The first kappa shape index (κ1) is 28.1. The largest absolute Gasteiger partial charge is 0.493 e. The number of nitrogens with zero attached hydrogens (tertiary/aromatic N) is 2. The average molecular weight is 465 g/mol. The third-order valence-corrected chi connectivity index (χ3v) is 6.32. The number of allylic oxidation sites excluding steroid dienone is 2. The normalized spacial score (nSPS) is 11.4. The molecule has 0 radical (unpaired) electrons. The molecule has 0 spiro atoms. The van der Waals surface area contributed by atoms with Crippen LogP contribution in [0.5, 0.6) is 5.75 Å². The van der Waals surface area contributed by atoms with Crippen molar-refractivity contribution < 1.29 is 4.74 Å². The molecule has 3 nitrogen and oxygen atoms in total. The molecule has 0 saturated heterocycles. The Morgan fingerprint density at radius 1 is 0.676 bits per heavy atom. The van der Waals surface area contributed by atoms with E-state index in [1.165, 1.54) is 89.0 Å². The highest BCUT2D eigenvalue weighted by Crippen LogP contribution is 2.27. The van der Waals surface area contributed by atoms with Crippen molar-refractivity contribution >= 4 is 0 Å². The number of aromatic nitrogens is 2. The van der Waals surface area contributed by atoms with Crippen molar-refractivity contribution in [2.75, 3.05) is 6.61 Å². The highest BCUT2D eigenvalue weighted by Gasteiger charge is 2.08. The van der Waals surface area contributed by atoms with E-state index < -0.39 is 0 Å². The Hall–Kier alpha value is -2.16. The van der Waals surface area contributed by atoms with Gasteiger partial charge in [0.1, 0.15) is 5.75 Å². The van der Waals surface area contributed by atoms with Crippen LogP contribution in [0.3, 0.4) is 0 Å². The van der Waals surface area contributed by atoms with Gasteiger partial charge in [0.05, 0.1) is 12.2 Å². The average Bonchev–Trinajstić information content (AvgIpc) is 2.87. The van der Waals surface area contributed by atoms with Crippen molar-refractivity contribution in [3.8, 4) is 17.1 Å². The number of para-hydroxylation sites is 1. The van der Waals surface area contributed by atoms with E-state index >= 15 is 0 Å². The minimum Gasteiger partial charge on any atom is -0.493 e. The van der Waals surface area contributed by atoms with Gasteiger partial charge < -0.3 is 4.74 Å². The monoisotopic (exact) mass is 464 g/mol. The van der Waals surface area contributed by atoms with Crippen LogP contribution in [-0.2, 0) is 6.42 Å². The summed E-state index contributed by atoms with van der Waals surface area (Å²) in [7, 11) is 0. The molecular weight excluding hydrogens is 416 g/mol. The molecule has 188 valence electrons. The zero-order chi connectivity index (χ0) is 24.1. The second-order valence-corrected chi connectivity index (χ2v) is 9.45. The van der Waals surface area contributed by atoms with E-state index in [0.29, 0.717) is 6.61 Å². The van der Waals surface area contributed by atoms with Gasteiger partial charge in [-0.05, 0) is 56.2 Å². The molecule has 1 aromatic carbocycles. The van der Waals surface area contributed by atoms with Crippen LogP contribution in [0, 0.1) is 0 Å². The summed E-state index contributed by atoms with van der Waals surface area (Å²) in [5, 5.41) is 0. The van der Waals surface area contributed by atoms with Crippen LogP contribution < -0.4 is 4.74 Å².